The zero-order valence-electron chi connectivity index (χ0n) is 8.25. The first-order valence-corrected chi connectivity index (χ1v) is 7.76. The molecule has 0 fully saturated rings. The average Bonchev–Trinajstić information content (AvgIpc) is 2.62. The van der Waals surface area contributed by atoms with E-state index in [0.717, 1.165) is 13.1 Å². The molecular weight excluding hydrogens is 439 g/mol. The first kappa shape index (κ1) is 13.7. The molecule has 0 aliphatic heterocycles. The molecule has 17 heavy (non-hydrogen) atoms. The van der Waals surface area contributed by atoms with Gasteiger partial charge < -0.3 is 5.11 Å². The number of aliphatic hydroxyl groups is 1. The van der Waals surface area contributed by atoms with Gasteiger partial charge in [-0.25, -0.2) is 4.39 Å². The van der Waals surface area contributed by atoms with Gasteiger partial charge in [-0.3, -0.25) is 0 Å². The van der Waals surface area contributed by atoms with Gasteiger partial charge in [-0.15, -0.1) is 11.3 Å². The fourth-order valence-corrected chi connectivity index (χ4v) is 3.85. The van der Waals surface area contributed by atoms with Crippen molar-refractivity contribution in [2.75, 3.05) is 0 Å². The highest BCUT2D eigenvalue weighted by atomic mass is 79.9. The van der Waals surface area contributed by atoms with Crippen LogP contribution in [-0.2, 0) is 0 Å². The monoisotopic (exact) mass is 442 g/mol. The quantitative estimate of drug-likeness (QED) is 0.670. The minimum absolute atomic E-state index is 0.338. The van der Waals surface area contributed by atoms with E-state index < -0.39 is 6.10 Å². The Labute approximate surface area is 127 Å². The zero-order chi connectivity index (χ0) is 12.6. The minimum Gasteiger partial charge on any atom is -0.383 e. The van der Waals surface area contributed by atoms with E-state index >= 15 is 0 Å². The summed E-state index contributed by atoms with van der Waals surface area (Å²) in [6.07, 6.45) is -0.750. The number of benzene rings is 1. The minimum atomic E-state index is -0.750. The molecule has 1 nitrogen and oxygen atoms in total. The number of halogens is 4. The molecule has 0 radical (unpaired) electrons. The molecule has 0 aliphatic carbocycles. The summed E-state index contributed by atoms with van der Waals surface area (Å²) in [4.78, 5) is 0.794. The van der Waals surface area contributed by atoms with Crippen LogP contribution in [0.2, 0.25) is 0 Å². The smallest absolute Gasteiger partial charge is 0.137 e. The highest BCUT2D eigenvalue weighted by Crippen LogP contribution is 2.38. The maximum absolute atomic E-state index is 13.1. The summed E-state index contributed by atoms with van der Waals surface area (Å²) in [5.41, 5.74) is 0.652. The van der Waals surface area contributed by atoms with Gasteiger partial charge in [-0.1, -0.05) is 6.07 Å². The SMILES string of the molecule is OC(c1ccc(F)c(Br)c1)c1cc(Br)c(Br)s1. The lowest BCUT2D eigenvalue weighted by Gasteiger charge is -2.09. The van der Waals surface area contributed by atoms with Crippen molar-refractivity contribution in [3.05, 3.63) is 53.3 Å². The van der Waals surface area contributed by atoms with E-state index in [0.29, 0.717) is 10.0 Å². The van der Waals surface area contributed by atoms with Gasteiger partial charge in [0.15, 0.2) is 0 Å². The second-order valence-corrected chi connectivity index (χ2v) is 7.46. The van der Waals surface area contributed by atoms with Crippen LogP contribution in [-0.4, -0.2) is 5.11 Å². The molecule has 1 aromatic heterocycles. The zero-order valence-corrected chi connectivity index (χ0v) is 13.8. The number of rotatable bonds is 2. The number of hydrogen-bond acceptors (Lipinski definition) is 2. The lowest BCUT2D eigenvalue weighted by atomic mass is 10.1. The average molecular weight is 445 g/mol. The van der Waals surface area contributed by atoms with E-state index in [1.165, 1.54) is 17.4 Å². The van der Waals surface area contributed by atoms with Gasteiger partial charge >= 0.3 is 0 Å². The summed E-state index contributed by atoms with van der Waals surface area (Å²) in [5, 5.41) is 10.2. The Balaban J connectivity index is 2.36. The van der Waals surface area contributed by atoms with E-state index in [4.69, 9.17) is 0 Å². The normalized spacial score (nSPS) is 12.8. The third-order valence-electron chi connectivity index (χ3n) is 2.19. The predicted molar refractivity (Wildman–Crippen MR) is 77.9 cm³/mol. The van der Waals surface area contributed by atoms with Crippen LogP contribution in [0.4, 0.5) is 4.39 Å². The van der Waals surface area contributed by atoms with Crippen molar-refractivity contribution in [2.24, 2.45) is 0 Å². The summed E-state index contributed by atoms with van der Waals surface area (Å²) in [7, 11) is 0. The Morgan fingerprint density at radius 3 is 2.35 bits per heavy atom. The second kappa shape index (κ2) is 5.48. The topological polar surface area (TPSA) is 20.2 Å². The molecule has 0 spiro atoms. The summed E-state index contributed by atoms with van der Waals surface area (Å²) in [5.74, 6) is -0.338. The van der Waals surface area contributed by atoms with Crippen LogP contribution in [0.3, 0.4) is 0 Å². The molecule has 1 unspecified atom stereocenters. The van der Waals surface area contributed by atoms with Gasteiger partial charge in [-0.2, -0.15) is 0 Å². The summed E-state index contributed by atoms with van der Waals surface area (Å²) < 4.78 is 15.3. The van der Waals surface area contributed by atoms with Gasteiger partial charge in [-0.05, 0) is 71.6 Å². The second-order valence-electron chi connectivity index (χ2n) is 3.35. The Kier molecular flexibility index (Phi) is 4.41. The molecule has 0 bridgehead atoms. The van der Waals surface area contributed by atoms with Gasteiger partial charge in [0.05, 0.1) is 8.26 Å². The summed E-state index contributed by atoms with van der Waals surface area (Å²) >= 11 is 11.3. The Morgan fingerprint density at radius 2 is 1.82 bits per heavy atom. The summed E-state index contributed by atoms with van der Waals surface area (Å²) in [6, 6.07) is 6.34. The predicted octanol–water partition coefficient (Wildman–Crippen LogP) is 5.26. The number of hydrogen-bond donors (Lipinski definition) is 1. The molecule has 2 rings (SSSR count). The van der Waals surface area contributed by atoms with Gasteiger partial charge in [0.2, 0.25) is 0 Å². The first-order valence-electron chi connectivity index (χ1n) is 4.57. The van der Waals surface area contributed by atoms with Crippen molar-refractivity contribution in [1.82, 2.24) is 0 Å². The molecule has 1 heterocycles. The molecule has 0 saturated carbocycles. The molecule has 1 N–H and O–H groups in total. The molecule has 1 aromatic carbocycles. The lowest BCUT2D eigenvalue weighted by Crippen LogP contribution is -1.97. The molecular formula is C11H6Br3FOS. The third kappa shape index (κ3) is 2.98. The van der Waals surface area contributed by atoms with Crippen LogP contribution in [0.1, 0.15) is 16.5 Å². The highest BCUT2D eigenvalue weighted by molar-refractivity contribution is 9.13. The first-order chi connectivity index (χ1) is 7.99. The van der Waals surface area contributed by atoms with Crippen molar-refractivity contribution >= 4 is 59.1 Å². The van der Waals surface area contributed by atoms with Crippen LogP contribution in [0, 0.1) is 5.82 Å². The largest absolute Gasteiger partial charge is 0.383 e. The van der Waals surface area contributed by atoms with Crippen molar-refractivity contribution in [3.63, 3.8) is 0 Å². The maximum Gasteiger partial charge on any atom is 0.137 e. The Bertz CT molecular complexity index is 536. The van der Waals surface area contributed by atoms with Crippen molar-refractivity contribution in [3.8, 4) is 0 Å². The lowest BCUT2D eigenvalue weighted by molar-refractivity contribution is 0.224. The van der Waals surface area contributed by atoms with Crippen molar-refractivity contribution in [1.29, 1.82) is 0 Å². The van der Waals surface area contributed by atoms with Crippen LogP contribution >= 0.6 is 59.1 Å². The molecule has 0 saturated heterocycles. The maximum atomic E-state index is 13.1. The number of aliphatic hydroxyl groups excluding tert-OH is 1. The van der Waals surface area contributed by atoms with Crippen LogP contribution in [0.25, 0.3) is 0 Å². The van der Waals surface area contributed by atoms with E-state index in [9.17, 15) is 9.50 Å². The van der Waals surface area contributed by atoms with Gasteiger partial charge in [0.25, 0.3) is 0 Å². The van der Waals surface area contributed by atoms with Crippen molar-refractivity contribution in [2.45, 2.75) is 6.10 Å². The van der Waals surface area contributed by atoms with Crippen LogP contribution in [0.15, 0.2) is 37.0 Å². The van der Waals surface area contributed by atoms with E-state index in [1.807, 2.05) is 6.07 Å². The van der Waals surface area contributed by atoms with Gasteiger partial charge in [0.1, 0.15) is 11.9 Å². The summed E-state index contributed by atoms with van der Waals surface area (Å²) in [6.45, 7) is 0. The molecule has 0 amide bonds. The molecule has 6 heteroatoms. The molecule has 90 valence electrons. The van der Waals surface area contributed by atoms with Crippen molar-refractivity contribution < 1.29 is 9.50 Å². The van der Waals surface area contributed by atoms with E-state index in [1.54, 1.807) is 12.1 Å². The Morgan fingerprint density at radius 1 is 1.12 bits per heavy atom. The third-order valence-corrected chi connectivity index (χ3v) is 6.11. The van der Waals surface area contributed by atoms with E-state index in [2.05, 4.69) is 47.8 Å². The number of thiophene rings is 1. The Hall–Kier alpha value is 0.250. The molecule has 2 aromatic rings. The molecule has 1 atom stereocenters. The highest BCUT2D eigenvalue weighted by Gasteiger charge is 2.16. The van der Waals surface area contributed by atoms with Gasteiger partial charge in [0, 0.05) is 9.35 Å². The van der Waals surface area contributed by atoms with Crippen LogP contribution < -0.4 is 0 Å². The van der Waals surface area contributed by atoms with Crippen LogP contribution in [0.5, 0.6) is 0 Å². The van der Waals surface area contributed by atoms with E-state index in [-0.39, 0.29) is 5.82 Å². The fraction of sp³-hybridized carbons (Fsp3) is 0.0909. The fourth-order valence-electron chi connectivity index (χ4n) is 1.34. The molecule has 0 aliphatic rings. The standard InChI is InChI=1S/C11H6Br3FOS/c12-6-3-5(1-2-8(6)15)10(16)9-4-7(13)11(14)17-9/h1-4,10,16H.